The molecule has 0 saturated heterocycles. The number of aromatic nitrogens is 3. The summed E-state index contributed by atoms with van der Waals surface area (Å²) in [5.41, 5.74) is 1.14. The number of ether oxygens (including phenoxy) is 2. The number of pyridine rings is 1. The van der Waals surface area contributed by atoms with E-state index in [1.165, 1.54) is 0 Å². The van der Waals surface area contributed by atoms with Crippen LogP contribution in [0.25, 0.3) is 5.65 Å². The van der Waals surface area contributed by atoms with Crippen LogP contribution < -0.4 is 14.8 Å². The highest BCUT2D eigenvalue weighted by Crippen LogP contribution is 2.32. The normalized spacial score (nSPS) is 16.5. The van der Waals surface area contributed by atoms with Crippen molar-refractivity contribution < 1.29 is 14.3 Å². The first-order chi connectivity index (χ1) is 13.9. The van der Waals surface area contributed by atoms with Crippen molar-refractivity contribution >= 4 is 11.7 Å². The van der Waals surface area contributed by atoms with Gasteiger partial charge in [-0.3, -0.25) is 4.40 Å². The van der Waals surface area contributed by atoms with E-state index in [-0.39, 0.29) is 12.1 Å². The van der Waals surface area contributed by atoms with Crippen LogP contribution in [0.3, 0.4) is 0 Å². The molecular weight excluding hydrogens is 370 g/mol. The third-order valence-corrected chi connectivity index (χ3v) is 4.95. The first-order valence-electron chi connectivity index (χ1n) is 9.57. The van der Waals surface area contributed by atoms with E-state index in [4.69, 9.17) is 9.47 Å². The van der Waals surface area contributed by atoms with Crippen molar-refractivity contribution in [2.75, 3.05) is 13.7 Å². The molecule has 0 bridgehead atoms. The Morgan fingerprint density at radius 3 is 2.90 bits per heavy atom. The minimum absolute atomic E-state index is 0.175. The predicted molar refractivity (Wildman–Crippen MR) is 108 cm³/mol. The van der Waals surface area contributed by atoms with Crippen molar-refractivity contribution in [3.63, 3.8) is 0 Å². The fraction of sp³-hybridized carbons (Fsp3) is 0.381. The van der Waals surface area contributed by atoms with Crippen LogP contribution in [0.5, 0.6) is 11.5 Å². The molecule has 1 unspecified atom stereocenters. The van der Waals surface area contributed by atoms with Gasteiger partial charge in [0.25, 0.3) is 0 Å². The second-order valence-electron chi connectivity index (χ2n) is 7.85. The standard InChI is InChI=1S/C21H25N5O3/c1-14(19-24-23-18-7-5-6-10-26(18)19)22-20(27)25-12-15-8-9-16(28-4)11-17(15)29-21(2,3)13-25/h5-11,14H,12-13H2,1-4H3,(H,22,27). The predicted octanol–water partition coefficient (Wildman–Crippen LogP) is 3.18. The summed E-state index contributed by atoms with van der Waals surface area (Å²) < 4.78 is 13.4. The molecule has 8 heteroatoms. The van der Waals surface area contributed by atoms with Gasteiger partial charge in [0.1, 0.15) is 17.1 Å². The van der Waals surface area contributed by atoms with E-state index in [1.54, 1.807) is 12.0 Å². The van der Waals surface area contributed by atoms with Gasteiger partial charge in [0.05, 0.1) is 26.2 Å². The fourth-order valence-corrected chi connectivity index (χ4v) is 3.58. The zero-order chi connectivity index (χ0) is 20.6. The minimum Gasteiger partial charge on any atom is -0.497 e. The van der Waals surface area contributed by atoms with Gasteiger partial charge in [-0.25, -0.2) is 4.79 Å². The van der Waals surface area contributed by atoms with Crippen molar-refractivity contribution in [2.45, 2.75) is 39.0 Å². The van der Waals surface area contributed by atoms with Crippen LogP contribution in [-0.4, -0.2) is 44.8 Å². The molecule has 1 aliphatic rings. The minimum atomic E-state index is -0.542. The summed E-state index contributed by atoms with van der Waals surface area (Å²) in [4.78, 5) is 14.9. The monoisotopic (exact) mass is 395 g/mol. The van der Waals surface area contributed by atoms with Crippen LogP contribution >= 0.6 is 0 Å². The Morgan fingerprint density at radius 2 is 2.10 bits per heavy atom. The lowest BCUT2D eigenvalue weighted by atomic mass is 10.1. The molecule has 1 aliphatic heterocycles. The number of hydrogen-bond acceptors (Lipinski definition) is 5. The molecule has 29 heavy (non-hydrogen) atoms. The average molecular weight is 395 g/mol. The third-order valence-electron chi connectivity index (χ3n) is 4.95. The topological polar surface area (TPSA) is 81.0 Å². The molecule has 0 fully saturated rings. The molecule has 3 heterocycles. The number of rotatable bonds is 3. The van der Waals surface area contributed by atoms with Crippen LogP contribution in [0, 0.1) is 0 Å². The molecule has 1 atom stereocenters. The van der Waals surface area contributed by atoms with Gasteiger partial charge < -0.3 is 19.7 Å². The zero-order valence-electron chi connectivity index (χ0n) is 17.0. The number of urea groups is 1. The Hall–Kier alpha value is -3.29. The van der Waals surface area contributed by atoms with Gasteiger partial charge >= 0.3 is 6.03 Å². The number of nitrogens with zero attached hydrogens (tertiary/aromatic N) is 4. The molecule has 0 saturated carbocycles. The van der Waals surface area contributed by atoms with Crippen molar-refractivity contribution in [3.05, 3.63) is 54.0 Å². The highest BCUT2D eigenvalue weighted by molar-refractivity contribution is 5.75. The molecule has 3 aromatic rings. The maximum Gasteiger partial charge on any atom is 0.318 e. The second-order valence-corrected chi connectivity index (χ2v) is 7.85. The highest BCUT2D eigenvalue weighted by atomic mass is 16.5. The van der Waals surface area contributed by atoms with Crippen LogP contribution in [0.4, 0.5) is 4.79 Å². The molecule has 8 nitrogen and oxygen atoms in total. The second kappa shape index (κ2) is 7.27. The lowest BCUT2D eigenvalue weighted by Crippen LogP contribution is -2.47. The lowest BCUT2D eigenvalue weighted by molar-refractivity contribution is 0.0799. The molecule has 0 aliphatic carbocycles. The Morgan fingerprint density at radius 1 is 1.28 bits per heavy atom. The molecule has 0 radical (unpaired) electrons. The number of hydrogen-bond donors (Lipinski definition) is 1. The number of nitrogens with one attached hydrogen (secondary N) is 1. The maximum atomic E-state index is 13.1. The smallest absolute Gasteiger partial charge is 0.318 e. The fourth-order valence-electron chi connectivity index (χ4n) is 3.58. The van der Waals surface area contributed by atoms with E-state index < -0.39 is 5.60 Å². The van der Waals surface area contributed by atoms with Gasteiger partial charge in [0, 0.05) is 17.8 Å². The quantitative estimate of drug-likeness (QED) is 0.737. The van der Waals surface area contributed by atoms with E-state index in [9.17, 15) is 4.79 Å². The van der Waals surface area contributed by atoms with Gasteiger partial charge in [-0.2, -0.15) is 0 Å². The van der Waals surface area contributed by atoms with Gasteiger partial charge in [-0.1, -0.05) is 6.07 Å². The largest absolute Gasteiger partial charge is 0.497 e. The highest BCUT2D eigenvalue weighted by Gasteiger charge is 2.32. The Kier molecular flexibility index (Phi) is 4.77. The lowest BCUT2D eigenvalue weighted by Gasteiger charge is -2.30. The van der Waals surface area contributed by atoms with Crippen molar-refractivity contribution in [3.8, 4) is 11.5 Å². The molecule has 152 valence electrons. The number of carbonyl (C=O) groups excluding carboxylic acids is 1. The summed E-state index contributed by atoms with van der Waals surface area (Å²) in [5.74, 6) is 2.15. The van der Waals surface area contributed by atoms with Crippen LogP contribution in [0.2, 0.25) is 0 Å². The Labute approximate surface area is 169 Å². The molecule has 2 aromatic heterocycles. The van der Waals surface area contributed by atoms with Crippen molar-refractivity contribution in [1.29, 1.82) is 0 Å². The van der Waals surface area contributed by atoms with Crippen LogP contribution in [-0.2, 0) is 6.54 Å². The number of amides is 2. The molecular formula is C21H25N5O3. The molecule has 1 aromatic carbocycles. The molecule has 2 amide bonds. The van der Waals surface area contributed by atoms with Crippen molar-refractivity contribution in [1.82, 2.24) is 24.8 Å². The summed E-state index contributed by atoms with van der Waals surface area (Å²) in [6.07, 6.45) is 1.89. The van der Waals surface area contributed by atoms with E-state index in [0.29, 0.717) is 18.9 Å². The van der Waals surface area contributed by atoms with Gasteiger partial charge in [0.2, 0.25) is 0 Å². The molecule has 0 spiro atoms. The Bertz CT molecular complexity index is 1050. The Balaban J connectivity index is 1.55. The SMILES string of the molecule is COc1ccc2c(c1)OC(C)(C)CN(C(=O)NC(C)c1nnc3ccccn13)C2. The van der Waals surface area contributed by atoms with Gasteiger partial charge in [-0.15, -0.1) is 10.2 Å². The summed E-state index contributed by atoms with van der Waals surface area (Å²) >= 11 is 0. The summed E-state index contributed by atoms with van der Waals surface area (Å²) in [7, 11) is 1.62. The number of fused-ring (bicyclic) bond motifs is 2. The number of carbonyl (C=O) groups is 1. The van der Waals surface area contributed by atoms with Crippen LogP contribution in [0.15, 0.2) is 42.6 Å². The zero-order valence-corrected chi connectivity index (χ0v) is 17.0. The van der Waals surface area contributed by atoms with E-state index in [0.717, 1.165) is 22.7 Å². The van der Waals surface area contributed by atoms with E-state index in [2.05, 4.69) is 15.5 Å². The average Bonchev–Trinajstić information content (AvgIpc) is 3.06. The van der Waals surface area contributed by atoms with Crippen molar-refractivity contribution in [2.24, 2.45) is 0 Å². The van der Waals surface area contributed by atoms with Gasteiger partial charge in [-0.05, 0) is 45.0 Å². The molecule has 1 N–H and O–H groups in total. The number of benzene rings is 1. The number of methoxy groups -OCH3 is 1. The van der Waals surface area contributed by atoms with Gasteiger partial charge in [0.15, 0.2) is 11.5 Å². The summed E-state index contributed by atoms with van der Waals surface area (Å²) in [5, 5.41) is 11.4. The summed E-state index contributed by atoms with van der Waals surface area (Å²) in [6.45, 7) is 6.74. The first-order valence-corrected chi connectivity index (χ1v) is 9.57. The third kappa shape index (κ3) is 3.83. The van der Waals surface area contributed by atoms with Crippen LogP contribution in [0.1, 0.15) is 38.2 Å². The van der Waals surface area contributed by atoms with E-state index in [1.807, 2.05) is 67.8 Å². The first kappa shape index (κ1) is 19.0. The maximum absolute atomic E-state index is 13.1. The summed E-state index contributed by atoms with van der Waals surface area (Å²) in [6, 6.07) is 10.9. The molecule has 4 rings (SSSR count). The van der Waals surface area contributed by atoms with E-state index >= 15 is 0 Å².